The van der Waals surface area contributed by atoms with Crippen molar-refractivity contribution in [1.82, 2.24) is 10.4 Å². The summed E-state index contributed by atoms with van der Waals surface area (Å²) in [4.78, 5) is 48.0. The average Bonchev–Trinajstić information content (AvgIpc) is 2.70. The predicted molar refractivity (Wildman–Crippen MR) is 80.1 cm³/mol. The van der Waals surface area contributed by atoms with Gasteiger partial charge in [0.15, 0.2) is 0 Å². The highest BCUT2D eigenvalue weighted by Crippen LogP contribution is 2.12. The maximum Gasteiger partial charge on any atom is 0.359 e. The number of nitrogens with one attached hydrogen (secondary N) is 1. The van der Waals surface area contributed by atoms with Gasteiger partial charge in [-0.05, 0) is 27.7 Å². The number of nitrogens with zero attached hydrogens (tertiary/aromatic N) is 1. The van der Waals surface area contributed by atoms with Crippen molar-refractivity contribution >= 4 is 23.7 Å². The lowest BCUT2D eigenvalue weighted by Crippen LogP contribution is -2.32. The number of hydrogen-bond acceptors (Lipinski definition) is 5. The zero-order chi connectivity index (χ0) is 17.4. The molecule has 122 valence electrons. The van der Waals surface area contributed by atoms with Crippen LogP contribution in [0.2, 0.25) is 0 Å². The highest BCUT2D eigenvalue weighted by molar-refractivity contribution is 6.02. The Morgan fingerprint density at radius 2 is 1.55 bits per heavy atom. The van der Waals surface area contributed by atoms with Gasteiger partial charge in [-0.1, -0.05) is 13.2 Å². The lowest BCUT2D eigenvalue weighted by molar-refractivity contribution is -0.194. The lowest BCUT2D eigenvalue weighted by Gasteiger charge is -2.11. The summed E-state index contributed by atoms with van der Waals surface area (Å²) in [6.45, 7) is 13.8. The first kappa shape index (κ1) is 19.6. The van der Waals surface area contributed by atoms with Gasteiger partial charge in [0.2, 0.25) is 5.91 Å². The molecule has 3 amide bonds. The van der Waals surface area contributed by atoms with Gasteiger partial charge < -0.3 is 10.2 Å². The van der Waals surface area contributed by atoms with Crippen LogP contribution in [-0.2, 0) is 24.0 Å². The lowest BCUT2D eigenvalue weighted by atomic mass is 10.3. The summed E-state index contributed by atoms with van der Waals surface area (Å²) in [5, 5.41) is 3.20. The molecular weight excluding hydrogens is 288 g/mol. The van der Waals surface area contributed by atoms with Crippen molar-refractivity contribution in [3.8, 4) is 0 Å². The Balaban J connectivity index is 0.000000433. The van der Waals surface area contributed by atoms with E-state index in [9.17, 15) is 19.2 Å². The molecule has 1 aliphatic rings. The van der Waals surface area contributed by atoms with Gasteiger partial charge in [0.25, 0.3) is 11.8 Å². The molecule has 7 heteroatoms. The Morgan fingerprint density at radius 3 is 1.82 bits per heavy atom. The second kappa shape index (κ2) is 8.76. The first-order chi connectivity index (χ1) is 10.1. The summed E-state index contributed by atoms with van der Waals surface area (Å²) < 4.78 is 0. The van der Waals surface area contributed by atoms with Crippen LogP contribution >= 0.6 is 0 Å². The van der Waals surface area contributed by atoms with E-state index < -0.39 is 17.8 Å². The molecule has 1 N–H and O–H groups in total. The molecule has 0 aromatic rings. The number of carbonyl (C=O) groups excluding carboxylic acids is 4. The quantitative estimate of drug-likeness (QED) is 0.623. The molecule has 1 fully saturated rings. The molecule has 0 atom stereocenters. The first-order valence-corrected chi connectivity index (χ1v) is 6.76. The molecule has 0 unspecified atom stereocenters. The molecule has 1 saturated heterocycles. The maximum absolute atomic E-state index is 10.9. The van der Waals surface area contributed by atoms with Crippen molar-refractivity contribution < 1.29 is 24.0 Å². The molecule has 0 saturated carbocycles. The van der Waals surface area contributed by atoms with Gasteiger partial charge in [-0.15, -0.1) is 5.06 Å². The van der Waals surface area contributed by atoms with E-state index in [1.54, 1.807) is 6.92 Å². The van der Waals surface area contributed by atoms with E-state index >= 15 is 0 Å². The number of hydroxylamine groups is 2. The summed E-state index contributed by atoms with van der Waals surface area (Å²) in [6, 6.07) is 0.203. The van der Waals surface area contributed by atoms with E-state index in [1.165, 1.54) is 6.92 Å². The Hall–Kier alpha value is -2.44. The average molecular weight is 310 g/mol. The molecule has 22 heavy (non-hydrogen) atoms. The highest BCUT2D eigenvalue weighted by Gasteiger charge is 2.32. The van der Waals surface area contributed by atoms with E-state index in [1.807, 2.05) is 13.8 Å². The number of carbonyl (C=O) groups is 4. The summed E-state index contributed by atoms with van der Waals surface area (Å²) in [6.07, 6.45) is 0.199. The fraction of sp³-hybridized carbons (Fsp3) is 0.467. The second-order valence-electron chi connectivity index (χ2n) is 5.15. The van der Waals surface area contributed by atoms with Crippen molar-refractivity contribution in [2.75, 3.05) is 0 Å². The summed E-state index contributed by atoms with van der Waals surface area (Å²) in [5.41, 5.74) is 0.705. The Kier molecular flexibility index (Phi) is 7.79. The van der Waals surface area contributed by atoms with Crippen LogP contribution in [0.15, 0.2) is 24.3 Å². The van der Waals surface area contributed by atoms with Gasteiger partial charge >= 0.3 is 5.97 Å². The Bertz CT molecular complexity index is 492. The van der Waals surface area contributed by atoms with E-state index in [4.69, 9.17) is 0 Å². The topological polar surface area (TPSA) is 92.8 Å². The molecule has 1 aliphatic heterocycles. The third kappa shape index (κ3) is 6.83. The zero-order valence-corrected chi connectivity index (χ0v) is 13.4. The van der Waals surface area contributed by atoms with Crippen LogP contribution in [0.5, 0.6) is 0 Å². The maximum atomic E-state index is 10.9. The zero-order valence-electron chi connectivity index (χ0n) is 13.4. The van der Waals surface area contributed by atoms with E-state index in [-0.39, 0.29) is 30.4 Å². The largest absolute Gasteiger partial charge is 0.359 e. The molecule has 0 aromatic carbocycles. The Morgan fingerprint density at radius 1 is 1.09 bits per heavy atom. The minimum Gasteiger partial charge on any atom is -0.350 e. The molecular formula is C15H22N2O5. The molecule has 0 aliphatic carbocycles. The van der Waals surface area contributed by atoms with Crippen molar-refractivity contribution in [1.29, 1.82) is 0 Å². The van der Waals surface area contributed by atoms with Crippen LogP contribution in [0, 0.1) is 0 Å². The van der Waals surface area contributed by atoms with Crippen LogP contribution in [0.3, 0.4) is 0 Å². The number of amides is 3. The molecule has 1 heterocycles. The van der Waals surface area contributed by atoms with Crippen LogP contribution in [0.25, 0.3) is 0 Å². The highest BCUT2D eigenvalue weighted by atomic mass is 16.7. The molecule has 1 rings (SSSR count). The van der Waals surface area contributed by atoms with Crippen LogP contribution < -0.4 is 5.32 Å². The molecule has 0 bridgehead atoms. The minimum atomic E-state index is -0.761. The van der Waals surface area contributed by atoms with Crippen molar-refractivity contribution in [2.24, 2.45) is 0 Å². The van der Waals surface area contributed by atoms with Crippen molar-refractivity contribution in [2.45, 2.75) is 46.6 Å². The third-order valence-electron chi connectivity index (χ3n) is 2.34. The number of imide groups is 1. The molecule has 0 aromatic heterocycles. The fourth-order valence-corrected chi connectivity index (χ4v) is 1.20. The predicted octanol–water partition coefficient (Wildman–Crippen LogP) is 1.26. The van der Waals surface area contributed by atoms with Gasteiger partial charge in [0, 0.05) is 30.0 Å². The monoisotopic (exact) mass is 310 g/mol. The summed E-state index contributed by atoms with van der Waals surface area (Å²) >= 11 is 0. The van der Waals surface area contributed by atoms with Crippen LogP contribution in [0.4, 0.5) is 0 Å². The van der Waals surface area contributed by atoms with Gasteiger partial charge in [0.05, 0.1) is 0 Å². The van der Waals surface area contributed by atoms with Gasteiger partial charge in [-0.25, -0.2) is 4.79 Å². The van der Waals surface area contributed by atoms with Gasteiger partial charge in [-0.2, -0.15) is 0 Å². The minimum absolute atomic E-state index is 0.0648. The summed E-state index contributed by atoms with van der Waals surface area (Å²) in [7, 11) is 0. The van der Waals surface area contributed by atoms with Gasteiger partial charge in [-0.3, -0.25) is 14.4 Å². The van der Waals surface area contributed by atoms with Crippen molar-refractivity contribution in [3.05, 3.63) is 24.3 Å². The molecule has 0 spiro atoms. The van der Waals surface area contributed by atoms with E-state index in [2.05, 4.69) is 23.3 Å². The fourth-order valence-electron chi connectivity index (χ4n) is 1.20. The smallest absolute Gasteiger partial charge is 0.350 e. The molecule has 0 radical (unpaired) electrons. The second-order valence-corrected chi connectivity index (χ2v) is 5.15. The number of rotatable bonds is 4. The van der Waals surface area contributed by atoms with Crippen LogP contribution in [0.1, 0.15) is 40.5 Å². The van der Waals surface area contributed by atoms with E-state index in [0.717, 1.165) is 0 Å². The number of hydrogen-bond donors (Lipinski definition) is 1. The molecule has 7 nitrogen and oxygen atoms in total. The SMILES string of the molecule is C=C(C)C(=O)NC(C)C.C=C(C)C(=O)ON1C(=O)CCC1=O. The Labute approximate surface area is 129 Å². The normalized spacial score (nSPS) is 13.4. The van der Waals surface area contributed by atoms with Gasteiger partial charge in [0.1, 0.15) is 0 Å². The third-order valence-corrected chi connectivity index (χ3v) is 2.34. The standard InChI is InChI=1S/C8H9NO4.C7H13NO/c1-5(2)8(12)13-9-6(10)3-4-7(9)11;1-5(2)7(9)8-6(3)4/h1,3-4H2,2H3;6H,1H2,2-4H3,(H,8,9). The summed E-state index contributed by atoms with van der Waals surface area (Å²) in [5.74, 6) is -1.80. The first-order valence-electron chi connectivity index (χ1n) is 6.76. The van der Waals surface area contributed by atoms with E-state index in [0.29, 0.717) is 10.6 Å². The van der Waals surface area contributed by atoms with Crippen LogP contribution in [-0.4, -0.2) is 34.8 Å². The van der Waals surface area contributed by atoms with Crippen molar-refractivity contribution in [3.63, 3.8) is 0 Å².